The molecule has 37 heavy (non-hydrogen) atoms. The van der Waals surface area contributed by atoms with Gasteiger partial charge in [-0.05, 0) is 56.3 Å². The van der Waals surface area contributed by atoms with Crippen LogP contribution in [-0.2, 0) is 0 Å². The number of aromatic amines is 1. The Morgan fingerprint density at radius 1 is 0.730 bits per heavy atom. The summed E-state index contributed by atoms with van der Waals surface area (Å²) in [5, 5.41) is 0.773. The predicted octanol–water partition coefficient (Wildman–Crippen LogP) is 5.51. The van der Waals surface area contributed by atoms with Gasteiger partial charge in [-0.15, -0.1) is 0 Å². The number of nitrogens with one attached hydrogen (secondary N) is 1. The summed E-state index contributed by atoms with van der Waals surface area (Å²) in [6, 6.07) is 19.5. The summed E-state index contributed by atoms with van der Waals surface area (Å²) in [5.74, 6) is -1.69. The lowest BCUT2D eigenvalue weighted by molar-refractivity contribution is 0.0811. The average Bonchev–Trinajstić information content (AvgIpc) is 3.33. The van der Waals surface area contributed by atoms with Crippen molar-refractivity contribution >= 4 is 50.9 Å². The third-order valence-electron chi connectivity index (χ3n) is 7.39. The summed E-state index contributed by atoms with van der Waals surface area (Å²) in [6.07, 6.45) is 0. The van der Waals surface area contributed by atoms with Crippen molar-refractivity contribution in [2.24, 2.45) is 5.92 Å². The molecule has 0 atom stereocenters. The number of carbonyl (C=O) groups is 4. The molecular formula is C30H19N3O4. The molecule has 0 unspecified atom stereocenters. The van der Waals surface area contributed by atoms with Crippen molar-refractivity contribution < 1.29 is 19.2 Å². The Labute approximate surface area is 210 Å². The maximum absolute atomic E-state index is 13.7. The number of aryl methyl sites for hydroxylation is 1. The molecule has 1 N–H and O–H groups in total. The maximum Gasteiger partial charge on any atom is 0.265 e. The molecule has 2 aliphatic rings. The van der Waals surface area contributed by atoms with E-state index in [0.717, 1.165) is 16.0 Å². The molecule has 7 heteroatoms. The second-order valence-electron chi connectivity index (χ2n) is 9.62. The van der Waals surface area contributed by atoms with Crippen molar-refractivity contribution in [2.45, 2.75) is 13.8 Å². The highest BCUT2D eigenvalue weighted by Gasteiger charge is 2.40. The van der Waals surface area contributed by atoms with Crippen molar-refractivity contribution in [3.8, 4) is 11.4 Å². The number of hydrogen-bond acceptors (Lipinski definition) is 5. The number of imidazole rings is 1. The first-order valence-corrected chi connectivity index (χ1v) is 12.0. The molecule has 7 nitrogen and oxygen atoms in total. The fourth-order valence-electron chi connectivity index (χ4n) is 5.40. The van der Waals surface area contributed by atoms with Gasteiger partial charge in [0.05, 0.1) is 22.6 Å². The molecule has 0 bridgehead atoms. The number of aromatic nitrogens is 2. The van der Waals surface area contributed by atoms with E-state index >= 15 is 0 Å². The molecule has 0 radical (unpaired) electrons. The second-order valence-corrected chi connectivity index (χ2v) is 9.62. The van der Waals surface area contributed by atoms with Gasteiger partial charge < -0.3 is 4.98 Å². The normalized spacial score (nSPS) is 15.4. The molecule has 1 aliphatic heterocycles. The Kier molecular flexibility index (Phi) is 4.22. The molecule has 178 valence electrons. The van der Waals surface area contributed by atoms with Crippen LogP contribution in [0.15, 0.2) is 66.7 Å². The minimum absolute atomic E-state index is 0.287. The summed E-state index contributed by atoms with van der Waals surface area (Å²) in [7, 11) is 0. The second kappa shape index (κ2) is 7.30. The molecule has 0 fully saturated rings. The molecule has 0 spiro atoms. The van der Waals surface area contributed by atoms with Crippen LogP contribution in [0.1, 0.15) is 53.9 Å². The molecular weight excluding hydrogens is 466 g/mol. The fourth-order valence-corrected chi connectivity index (χ4v) is 5.40. The molecule has 0 saturated carbocycles. The zero-order valence-corrected chi connectivity index (χ0v) is 20.0. The molecule has 7 rings (SSSR count). The van der Waals surface area contributed by atoms with Crippen molar-refractivity contribution in [2.75, 3.05) is 4.90 Å². The van der Waals surface area contributed by atoms with E-state index in [2.05, 4.69) is 9.97 Å². The number of hydrogen-bond donors (Lipinski definition) is 1. The minimum Gasteiger partial charge on any atom is -0.338 e. The van der Waals surface area contributed by atoms with Crippen LogP contribution in [0, 0.1) is 12.8 Å². The van der Waals surface area contributed by atoms with Gasteiger partial charge in [0.2, 0.25) is 0 Å². The fraction of sp³-hybridized carbons (Fsp3) is 0.100. The first kappa shape index (κ1) is 21.4. The largest absolute Gasteiger partial charge is 0.338 e. The topological polar surface area (TPSA) is 100 Å². The number of imide groups is 1. The first-order valence-electron chi connectivity index (χ1n) is 12.0. The van der Waals surface area contributed by atoms with E-state index in [4.69, 9.17) is 0 Å². The standard InChI is InChI=1S/C30H19N3O4/c1-14-3-5-16(6-4-14)28-31-22-12-7-17(13-23(22)32-28)33-29(36)20-10-8-18-24-19(27(35)15(2)26(18)34)9-11-21(25(20)24)30(33)37/h3-13,15H,1-2H3,(H,31,32). The highest BCUT2D eigenvalue weighted by molar-refractivity contribution is 6.40. The molecule has 2 heterocycles. The van der Waals surface area contributed by atoms with Gasteiger partial charge in [0.1, 0.15) is 5.82 Å². The van der Waals surface area contributed by atoms with Gasteiger partial charge in [0.15, 0.2) is 11.6 Å². The van der Waals surface area contributed by atoms with E-state index in [9.17, 15) is 19.2 Å². The highest BCUT2D eigenvalue weighted by atomic mass is 16.2. The predicted molar refractivity (Wildman–Crippen MR) is 139 cm³/mol. The number of fused-ring (bicyclic) bond motifs is 1. The van der Waals surface area contributed by atoms with Gasteiger partial charge in [-0.1, -0.05) is 29.8 Å². The number of carbonyl (C=O) groups excluding carboxylic acids is 4. The van der Waals surface area contributed by atoms with Gasteiger partial charge >= 0.3 is 0 Å². The van der Waals surface area contributed by atoms with Crippen molar-refractivity contribution in [1.29, 1.82) is 0 Å². The smallest absolute Gasteiger partial charge is 0.265 e. The Morgan fingerprint density at radius 3 is 1.92 bits per heavy atom. The lowest BCUT2D eigenvalue weighted by atomic mass is 9.78. The van der Waals surface area contributed by atoms with Crippen LogP contribution < -0.4 is 4.90 Å². The van der Waals surface area contributed by atoms with Crippen LogP contribution in [0.25, 0.3) is 33.2 Å². The number of benzene rings is 4. The van der Waals surface area contributed by atoms with Crippen molar-refractivity contribution in [3.63, 3.8) is 0 Å². The lowest BCUT2D eigenvalue weighted by Crippen LogP contribution is -2.41. The van der Waals surface area contributed by atoms with E-state index in [1.165, 1.54) is 0 Å². The average molecular weight is 485 g/mol. The molecule has 1 aliphatic carbocycles. The lowest BCUT2D eigenvalue weighted by Gasteiger charge is -2.30. The van der Waals surface area contributed by atoms with Crippen LogP contribution in [0.2, 0.25) is 0 Å². The summed E-state index contributed by atoms with van der Waals surface area (Å²) >= 11 is 0. The molecule has 4 aromatic carbocycles. The van der Waals surface area contributed by atoms with Crippen LogP contribution in [-0.4, -0.2) is 33.3 Å². The summed E-state index contributed by atoms with van der Waals surface area (Å²) in [6.45, 7) is 3.60. The van der Waals surface area contributed by atoms with Gasteiger partial charge in [-0.25, -0.2) is 9.88 Å². The third-order valence-corrected chi connectivity index (χ3v) is 7.39. The van der Waals surface area contributed by atoms with Gasteiger partial charge in [0.25, 0.3) is 11.8 Å². The first-order chi connectivity index (χ1) is 17.8. The van der Waals surface area contributed by atoms with E-state index in [-0.39, 0.29) is 22.7 Å². The van der Waals surface area contributed by atoms with E-state index in [1.54, 1.807) is 49.4 Å². The SMILES string of the molecule is Cc1ccc(-c2nc3ccc(N4C(=O)c5ccc6c7c(ccc(c57)C4=O)C(=O)C(C)C6=O)cc3[nH]2)cc1. The Bertz CT molecular complexity index is 1810. The van der Waals surface area contributed by atoms with E-state index < -0.39 is 17.7 Å². The number of H-pyrrole nitrogens is 1. The van der Waals surface area contributed by atoms with E-state index in [1.807, 2.05) is 31.2 Å². The van der Waals surface area contributed by atoms with Crippen LogP contribution in [0.3, 0.4) is 0 Å². The Morgan fingerprint density at radius 2 is 1.30 bits per heavy atom. The number of ketones is 2. The number of Topliss-reactive ketones (excluding diaryl/α,β-unsaturated/α-hetero) is 2. The van der Waals surface area contributed by atoms with Gasteiger partial charge in [-0.2, -0.15) is 0 Å². The Balaban J connectivity index is 1.36. The monoisotopic (exact) mass is 485 g/mol. The van der Waals surface area contributed by atoms with Crippen LogP contribution >= 0.6 is 0 Å². The molecule has 2 amide bonds. The van der Waals surface area contributed by atoms with Crippen LogP contribution in [0.4, 0.5) is 5.69 Å². The minimum atomic E-state index is -0.788. The summed E-state index contributed by atoms with van der Waals surface area (Å²) in [4.78, 5) is 62.1. The summed E-state index contributed by atoms with van der Waals surface area (Å²) in [5.41, 5.74) is 5.20. The number of amides is 2. The molecule has 1 aromatic heterocycles. The Hall–Kier alpha value is -4.91. The maximum atomic E-state index is 13.7. The number of nitrogens with zero attached hydrogens (tertiary/aromatic N) is 2. The number of anilines is 1. The zero-order valence-electron chi connectivity index (χ0n) is 20.0. The molecule has 5 aromatic rings. The zero-order chi connectivity index (χ0) is 25.6. The van der Waals surface area contributed by atoms with E-state index in [0.29, 0.717) is 44.4 Å². The van der Waals surface area contributed by atoms with Crippen molar-refractivity contribution in [3.05, 3.63) is 94.5 Å². The highest BCUT2D eigenvalue weighted by Crippen LogP contribution is 2.40. The van der Waals surface area contributed by atoms with Crippen molar-refractivity contribution in [1.82, 2.24) is 9.97 Å². The van der Waals surface area contributed by atoms with Crippen LogP contribution in [0.5, 0.6) is 0 Å². The third kappa shape index (κ3) is 2.85. The van der Waals surface area contributed by atoms with Gasteiger partial charge in [-0.3, -0.25) is 19.2 Å². The summed E-state index contributed by atoms with van der Waals surface area (Å²) < 4.78 is 0. The number of rotatable bonds is 2. The molecule has 0 saturated heterocycles. The quantitative estimate of drug-likeness (QED) is 0.263. The van der Waals surface area contributed by atoms with Gasteiger partial charge in [0, 0.05) is 38.6 Å².